The molecule has 0 aliphatic carbocycles. The van der Waals surface area contributed by atoms with Gasteiger partial charge in [-0.05, 0) is 30.3 Å². The van der Waals surface area contributed by atoms with E-state index in [9.17, 15) is 0 Å². The van der Waals surface area contributed by atoms with Gasteiger partial charge in [-0.3, -0.25) is 0 Å². The molecule has 0 amide bonds. The number of hydrogen-bond donors (Lipinski definition) is 1. The number of nitrogen functional groups attached to an aromatic ring is 1. The van der Waals surface area contributed by atoms with Gasteiger partial charge in [0.05, 0.1) is 30.5 Å². The van der Waals surface area contributed by atoms with Crippen molar-refractivity contribution in [3.05, 3.63) is 36.5 Å². The van der Waals surface area contributed by atoms with Crippen molar-refractivity contribution in [1.82, 2.24) is 19.8 Å². The van der Waals surface area contributed by atoms with Crippen molar-refractivity contribution >= 4 is 28.3 Å². The third-order valence-electron chi connectivity index (χ3n) is 4.48. The molecule has 4 heterocycles. The largest absolute Gasteiger partial charge is 0.380 e. The maximum Gasteiger partial charge on any atom is 0.174 e. The summed E-state index contributed by atoms with van der Waals surface area (Å²) in [5.74, 6) is 1.30. The molecule has 1 saturated heterocycles. The Balaban J connectivity index is 1.63. The number of benzene rings is 1. The number of fused-ring (bicyclic) bond motifs is 2. The minimum absolute atomic E-state index is 0.382. The molecule has 8 nitrogen and oxygen atoms in total. The van der Waals surface area contributed by atoms with E-state index in [1.807, 2.05) is 41.0 Å². The van der Waals surface area contributed by atoms with Gasteiger partial charge in [-0.1, -0.05) is 5.16 Å². The van der Waals surface area contributed by atoms with Crippen LogP contribution in [0.15, 0.2) is 41.1 Å². The summed E-state index contributed by atoms with van der Waals surface area (Å²) in [6.07, 6.45) is 1.82. The minimum Gasteiger partial charge on any atom is -0.380 e. The zero-order valence-corrected chi connectivity index (χ0v) is 13.4. The summed E-state index contributed by atoms with van der Waals surface area (Å²) in [6, 6.07) is 9.75. The van der Waals surface area contributed by atoms with Crippen molar-refractivity contribution in [1.29, 1.82) is 0 Å². The number of rotatable bonds is 2. The van der Waals surface area contributed by atoms with Crippen LogP contribution in [0.2, 0.25) is 0 Å². The van der Waals surface area contributed by atoms with E-state index < -0.39 is 0 Å². The predicted octanol–water partition coefficient (Wildman–Crippen LogP) is 1.96. The fourth-order valence-electron chi connectivity index (χ4n) is 3.14. The van der Waals surface area contributed by atoms with Crippen LogP contribution in [0, 0.1) is 0 Å². The van der Waals surface area contributed by atoms with Crippen LogP contribution in [0.3, 0.4) is 0 Å². The Bertz CT molecular complexity index is 1060. The number of anilines is 2. The lowest BCUT2D eigenvalue weighted by atomic mass is 10.1. The van der Waals surface area contributed by atoms with Gasteiger partial charge >= 0.3 is 0 Å². The summed E-state index contributed by atoms with van der Waals surface area (Å²) in [4.78, 5) is 6.67. The first kappa shape index (κ1) is 14.2. The lowest BCUT2D eigenvalue weighted by Gasteiger charge is -2.27. The highest BCUT2D eigenvalue weighted by molar-refractivity contribution is 5.90. The van der Waals surface area contributed by atoms with Crippen LogP contribution in [0.1, 0.15) is 0 Å². The fraction of sp³-hybridized carbons (Fsp3) is 0.235. The Morgan fingerprint density at radius 2 is 1.96 bits per heavy atom. The molecule has 3 aromatic heterocycles. The highest BCUT2D eigenvalue weighted by atomic mass is 16.5. The topological polar surface area (TPSA) is 94.7 Å². The molecular weight excluding hydrogens is 320 g/mol. The molecule has 126 valence electrons. The molecule has 8 heteroatoms. The van der Waals surface area contributed by atoms with E-state index in [2.05, 4.69) is 15.0 Å². The number of nitrogens with two attached hydrogens (primary N) is 1. The second-order valence-corrected chi connectivity index (χ2v) is 5.98. The molecule has 2 N–H and O–H groups in total. The molecule has 1 fully saturated rings. The van der Waals surface area contributed by atoms with Crippen LogP contribution in [-0.2, 0) is 4.74 Å². The van der Waals surface area contributed by atoms with E-state index in [4.69, 9.17) is 20.1 Å². The van der Waals surface area contributed by atoms with Crippen molar-refractivity contribution in [2.24, 2.45) is 0 Å². The quantitative estimate of drug-likeness (QED) is 0.598. The summed E-state index contributed by atoms with van der Waals surface area (Å²) in [7, 11) is 0. The molecule has 4 aromatic rings. The normalized spacial score (nSPS) is 15.3. The van der Waals surface area contributed by atoms with E-state index in [-0.39, 0.29) is 0 Å². The zero-order chi connectivity index (χ0) is 16.8. The van der Waals surface area contributed by atoms with Gasteiger partial charge in [0, 0.05) is 18.7 Å². The maximum atomic E-state index is 5.87. The third-order valence-corrected chi connectivity index (χ3v) is 4.48. The van der Waals surface area contributed by atoms with Crippen LogP contribution in [-0.4, -0.2) is 46.1 Å². The van der Waals surface area contributed by atoms with Gasteiger partial charge < -0.3 is 19.9 Å². The first-order valence-corrected chi connectivity index (χ1v) is 8.12. The molecule has 0 saturated carbocycles. The molecule has 25 heavy (non-hydrogen) atoms. The second-order valence-electron chi connectivity index (χ2n) is 5.98. The Kier molecular flexibility index (Phi) is 3.10. The number of aromatic nitrogens is 4. The van der Waals surface area contributed by atoms with Gasteiger partial charge in [0.25, 0.3) is 0 Å². The number of nitrogens with zero attached hydrogens (tertiary/aromatic N) is 5. The summed E-state index contributed by atoms with van der Waals surface area (Å²) < 4.78 is 12.4. The molecule has 1 aliphatic heterocycles. The lowest BCUT2D eigenvalue weighted by molar-refractivity contribution is 0.122. The molecular formula is C17H16N6O2. The molecule has 5 rings (SSSR count). The van der Waals surface area contributed by atoms with E-state index in [0.29, 0.717) is 11.4 Å². The fourth-order valence-corrected chi connectivity index (χ4v) is 3.14. The van der Waals surface area contributed by atoms with Crippen molar-refractivity contribution in [3.8, 4) is 11.3 Å². The van der Waals surface area contributed by atoms with Gasteiger partial charge in [-0.2, -0.15) is 0 Å². The molecule has 0 radical (unpaired) electrons. The predicted molar refractivity (Wildman–Crippen MR) is 93.4 cm³/mol. The number of morpholine rings is 1. The van der Waals surface area contributed by atoms with E-state index in [1.165, 1.54) is 0 Å². The van der Waals surface area contributed by atoms with Gasteiger partial charge in [0.15, 0.2) is 17.0 Å². The molecule has 1 aromatic carbocycles. The molecule has 0 atom stereocenters. The van der Waals surface area contributed by atoms with Gasteiger partial charge in [0.2, 0.25) is 0 Å². The van der Waals surface area contributed by atoms with Gasteiger partial charge in [-0.15, -0.1) is 5.10 Å². The van der Waals surface area contributed by atoms with Crippen LogP contribution in [0.5, 0.6) is 0 Å². The number of ether oxygens (including phenoxy) is 1. The SMILES string of the molecule is Nc1noc2ccc(-c3cnc4ccc(N5CCOCC5)nn34)cc12. The van der Waals surface area contributed by atoms with Crippen LogP contribution < -0.4 is 10.6 Å². The first-order valence-electron chi connectivity index (χ1n) is 8.12. The van der Waals surface area contributed by atoms with Gasteiger partial charge in [-0.25, -0.2) is 9.50 Å². The lowest BCUT2D eigenvalue weighted by Crippen LogP contribution is -2.37. The van der Waals surface area contributed by atoms with E-state index in [1.54, 1.807) is 0 Å². The van der Waals surface area contributed by atoms with E-state index in [0.717, 1.165) is 54.4 Å². The van der Waals surface area contributed by atoms with Crippen LogP contribution >= 0.6 is 0 Å². The van der Waals surface area contributed by atoms with Crippen molar-refractivity contribution < 1.29 is 9.26 Å². The highest BCUT2D eigenvalue weighted by Crippen LogP contribution is 2.28. The number of imidazole rings is 1. The van der Waals surface area contributed by atoms with Gasteiger partial charge in [0.1, 0.15) is 5.82 Å². The second kappa shape index (κ2) is 5.45. The first-order chi connectivity index (χ1) is 12.3. The third kappa shape index (κ3) is 2.30. The maximum absolute atomic E-state index is 5.87. The average molecular weight is 336 g/mol. The molecule has 1 aliphatic rings. The average Bonchev–Trinajstić information content (AvgIpc) is 3.25. The summed E-state index contributed by atoms with van der Waals surface area (Å²) >= 11 is 0. The standard InChI is InChI=1S/C17H16N6O2/c18-17-12-9-11(1-2-14(12)25-21-17)13-10-19-15-3-4-16(20-23(13)15)22-5-7-24-8-6-22/h1-4,9-10H,5-8H2,(H2,18,21). The number of hydrogen-bond acceptors (Lipinski definition) is 7. The van der Waals surface area contributed by atoms with Crippen LogP contribution in [0.4, 0.5) is 11.6 Å². The van der Waals surface area contributed by atoms with Crippen LogP contribution in [0.25, 0.3) is 27.9 Å². The summed E-state index contributed by atoms with van der Waals surface area (Å²) in [6.45, 7) is 3.12. The molecule has 0 bridgehead atoms. The Morgan fingerprint density at radius 3 is 2.84 bits per heavy atom. The van der Waals surface area contributed by atoms with Crippen molar-refractivity contribution in [2.45, 2.75) is 0 Å². The van der Waals surface area contributed by atoms with Crippen molar-refractivity contribution in [3.63, 3.8) is 0 Å². The minimum atomic E-state index is 0.382. The summed E-state index contributed by atoms with van der Waals surface area (Å²) in [5.41, 5.74) is 9.19. The monoisotopic (exact) mass is 336 g/mol. The van der Waals surface area contributed by atoms with E-state index >= 15 is 0 Å². The van der Waals surface area contributed by atoms with Crippen molar-refractivity contribution in [2.75, 3.05) is 36.9 Å². The Labute approximate surface area is 142 Å². The Hall–Kier alpha value is -3.13. The summed E-state index contributed by atoms with van der Waals surface area (Å²) in [5, 5.41) is 9.37. The zero-order valence-electron chi connectivity index (χ0n) is 13.4. The smallest absolute Gasteiger partial charge is 0.174 e. The molecule has 0 unspecified atom stereocenters. The Morgan fingerprint density at radius 1 is 1.08 bits per heavy atom. The highest BCUT2D eigenvalue weighted by Gasteiger charge is 2.15. The molecule has 0 spiro atoms.